The number of rotatable bonds is 3. The summed E-state index contributed by atoms with van der Waals surface area (Å²) in [5, 5.41) is -6.56. The Labute approximate surface area is 117 Å². The lowest BCUT2D eigenvalue weighted by Crippen LogP contribution is -2.61. The summed E-state index contributed by atoms with van der Waals surface area (Å²) in [6, 6.07) is 0. The van der Waals surface area contributed by atoms with Crippen LogP contribution in [-0.4, -0.2) is 30.1 Å². The average Bonchev–Trinajstić information content (AvgIpc) is 2.23. The largest absolute Gasteiger partial charge is 0.460 e. The molecule has 0 saturated carbocycles. The van der Waals surface area contributed by atoms with Crippen molar-refractivity contribution in [1.29, 1.82) is 0 Å². The summed E-state index contributed by atoms with van der Waals surface area (Å²) in [6.07, 6.45) is -13.1. The number of alkyl halides is 12. The molecule has 14 heteroatoms. The van der Waals surface area contributed by atoms with Gasteiger partial charge in [0.25, 0.3) is 0 Å². The maximum absolute atomic E-state index is 12.9. The van der Waals surface area contributed by atoms with E-state index in [-0.39, 0.29) is 0 Å². The molecule has 0 nitrogen and oxygen atoms in total. The van der Waals surface area contributed by atoms with Crippen LogP contribution in [0.5, 0.6) is 0 Å². The van der Waals surface area contributed by atoms with Gasteiger partial charge in [0.05, 0.1) is 0 Å². The van der Waals surface area contributed by atoms with E-state index in [2.05, 4.69) is 23.2 Å². The van der Waals surface area contributed by atoms with E-state index in [4.69, 9.17) is 0 Å². The van der Waals surface area contributed by atoms with E-state index in [1.54, 1.807) is 0 Å². The predicted octanol–water partition coefficient (Wildman–Crippen LogP) is 5.71. The minimum absolute atomic E-state index is 3.16. The van der Waals surface area contributed by atoms with Crippen molar-refractivity contribution in [2.75, 3.05) is 0 Å². The van der Waals surface area contributed by atoms with Gasteiger partial charge in [-0.2, -0.15) is 52.7 Å². The molecule has 0 saturated heterocycles. The zero-order valence-corrected chi connectivity index (χ0v) is 10.3. The van der Waals surface area contributed by atoms with E-state index in [9.17, 15) is 52.7 Å². The van der Waals surface area contributed by atoms with Gasteiger partial charge >= 0.3 is 30.1 Å². The Morgan fingerprint density at radius 3 is 1.10 bits per heavy atom. The zero-order chi connectivity index (χ0) is 17.7. The molecule has 0 amide bonds. The third kappa shape index (κ3) is 3.30. The van der Waals surface area contributed by atoms with Crippen LogP contribution in [0, 0.1) is 0 Å². The molecule has 0 bridgehead atoms. The second-order valence-corrected chi connectivity index (χ2v) is 4.10. The van der Waals surface area contributed by atoms with Gasteiger partial charge in [0.15, 0.2) is 0 Å². The van der Waals surface area contributed by atoms with Gasteiger partial charge < -0.3 is 0 Å². The molecule has 0 rings (SSSR count). The summed E-state index contributed by atoms with van der Waals surface area (Å²) in [4.78, 5) is 0. The quantitative estimate of drug-likeness (QED) is 0.549. The molecule has 0 aliphatic heterocycles. The zero-order valence-electron chi connectivity index (χ0n) is 8.79. The molecule has 0 heterocycles. The first-order valence-corrected chi connectivity index (χ1v) is 4.90. The van der Waals surface area contributed by atoms with Gasteiger partial charge in [0.2, 0.25) is 0 Å². The standard InChI is InChI=1S/C7Cl2F12/c8-1(2(9)4(12,13)14)3(10,11)5(15,16)6(17,18)7(19,20)21. The lowest BCUT2D eigenvalue weighted by molar-refractivity contribution is -0.389. The Bertz CT molecular complexity index is 428. The molecule has 0 fully saturated rings. The molecule has 0 aliphatic rings. The highest BCUT2D eigenvalue weighted by Gasteiger charge is 2.82. The number of hydrogen-bond acceptors (Lipinski definition) is 0. The molecular weight excluding hydrogens is 383 g/mol. The van der Waals surface area contributed by atoms with E-state index in [0.29, 0.717) is 0 Å². The van der Waals surface area contributed by atoms with Gasteiger partial charge in [-0.1, -0.05) is 23.2 Å². The van der Waals surface area contributed by atoms with E-state index in [1.807, 2.05) is 0 Å². The van der Waals surface area contributed by atoms with E-state index < -0.39 is 40.2 Å². The van der Waals surface area contributed by atoms with Crippen molar-refractivity contribution in [2.24, 2.45) is 0 Å². The molecule has 0 aromatic heterocycles. The molecule has 0 N–H and O–H groups in total. The van der Waals surface area contributed by atoms with Gasteiger partial charge in [-0.3, -0.25) is 0 Å². The lowest BCUT2D eigenvalue weighted by atomic mass is 10.0. The first kappa shape index (κ1) is 20.5. The van der Waals surface area contributed by atoms with Crippen LogP contribution in [-0.2, 0) is 0 Å². The summed E-state index contributed by atoms with van der Waals surface area (Å²) < 4.78 is 147. The SMILES string of the molecule is FC(F)(F)C(Cl)=C(Cl)C(F)(F)C(F)(F)C(F)(F)C(F)(F)F. The Morgan fingerprint density at radius 1 is 0.524 bits per heavy atom. The highest BCUT2D eigenvalue weighted by Crippen LogP contribution is 2.57. The molecular formula is C7Cl2F12. The Morgan fingerprint density at radius 2 is 0.857 bits per heavy atom. The van der Waals surface area contributed by atoms with Gasteiger partial charge in [-0.15, -0.1) is 0 Å². The fraction of sp³-hybridized carbons (Fsp3) is 0.714. The number of allylic oxidation sites excluding steroid dienone is 2. The Kier molecular flexibility index (Phi) is 5.15. The fourth-order valence-corrected chi connectivity index (χ4v) is 1.12. The number of halogens is 14. The maximum Gasteiger partial charge on any atom is 0.460 e. The summed E-state index contributed by atoms with van der Waals surface area (Å²) >= 11 is 8.29. The van der Waals surface area contributed by atoms with Crippen LogP contribution in [0.1, 0.15) is 0 Å². The first-order valence-electron chi connectivity index (χ1n) is 4.15. The van der Waals surface area contributed by atoms with Crippen LogP contribution < -0.4 is 0 Å². The molecule has 126 valence electrons. The van der Waals surface area contributed by atoms with Gasteiger partial charge in [-0.05, 0) is 0 Å². The summed E-state index contributed by atoms with van der Waals surface area (Å²) in [5.41, 5.74) is 0. The highest BCUT2D eigenvalue weighted by atomic mass is 35.5. The van der Waals surface area contributed by atoms with Gasteiger partial charge in [0.1, 0.15) is 10.1 Å². The molecule has 0 atom stereocenters. The normalized spacial score (nSPS) is 16.9. The average molecular weight is 383 g/mol. The second-order valence-electron chi connectivity index (χ2n) is 3.35. The van der Waals surface area contributed by atoms with Crippen molar-refractivity contribution in [3.8, 4) is 0 Å². The molecule has 0 radical (unpaired) electrons. The smallest absolute Gasteiger partial charge is 0.193 e. The minimum Gasteiger partial charge on any atom is -0.193 e. The molecule has 0 unspecified atom stereocenters. The second kappa shape index (κ2) is 5.28. The predicted molar refractivity (Wildman–Crippen MR) is 45.7 cm³/mol. The Hall–Kier alpha value is -0.520. The third-order valence-corrected chi connectivity index (χ3v) is 2.79. The minimum atomic E-state index is -7.37. The topological polar surface area (TPSA) is 0 Å². The highest BCUT2D eigenvalue weighted by molar-refractivity contribution is 6.40. The van der Waals surface area contributed by atoms with Crippen LogP contribution in [0.25, 0.3) is 0 Å². The van der Waals surface area contributed by atoms with Crippen LogP contribution >= 0.6 is 23.2 Å². The molecule has 0 aromatic rings. The van der Waals surface area contributed by atoms with Gasteiger partial charge in [0, 0.05) is 0 Å². The number of hydrogen-bond donors (Lipinski definition) is 0. The summed E-state index contributed by atoms with van der Waals surface area (Å²) in [7, 11) is 0. The van der Waals surface area contributed by atoms with Gasteiger partial charge in [-0.25, -0.2) is 0 Å². The van der Waals surface area contributed by atoms with Crippen molar-refractivity contribution in [3.63, 3.8) is 0 Å². The van der Waals surface area contributed by atoms with E-state index in [0.717, 1.165) is 0 Å². The summed E-state index contributed by atoms with van der Waals surface area (Å²) in [6.45, 7) is 0. The van der Waals surface area contributed by atoms with Crippen LogP contribution in [0.2, 0.25) is 0 Å². The van der Waals surface area contributed by atoms with Crippen molar-refractivity contribution in [1.82, 2.24) is 0 Å². The first-order chi connectivity index (χ1) is 8.82. The fourth-order valence-electron chi connectivity index (χ4n) is 0.775. The molecule has 21 heavy (non-hydrogen) atoms. The summed E-state index contributed by atoms with van der Waals surface area (Å²) in [5.74, 6) is -21.4. The van der Waals surface area contributed by atoms with Crippen LogP contribution in [0.4, 0.5) is 52.7 Å². The van der Waals surface area contributed by atoms with Crippen LogP contribution in [0.3, 0.4) is 0 Å². The third-order valence-electron chi connectivity index (χ3n) is 1.86. The van der Waals surface area contributed by atoms with E-state index >= 15 is 0 Å². The molecule has 0 spiro atoms. The molecule has 0 aromatic carbocycles. The Balaban J connectivity index is 6.15. The van der Waals surface area contributed by atoms with Crippen molar-refractivity contribution in [3.05, 3.63) is 10.1 Å². The molecule has 0 aliphatic carbocycles. The van der Waals surface area contributed by atoms with E-state index in [1.165, 1.54) is 0 Å². The monoisotopic (exact) mass is 382 g/mol. The van der Waals surface area contributed by atoms with Crippen LogP contribution in [0.15, 0.2) is 10.1 Å². The van der Waals surface area contributed by atoms with Crippen molar-refractivity contribution >= 4 is 23.2 Å². The van der Waals surface area contributed by atoms with Crippen molar-refractivity contribution in [2.45, 2.75) is 30.1 Å². The lowest BCUT2D eigenvalue weighted by Gasteiger charge is -2.33. The maximum atomic E-state index is 12.9. The van der Waals surface area contributed by atoms with Crippen molar-refractivity contribution < 1.29 is 52.7 Å².